The molecule has 4 N–H and O–H groups in total. The van der Waals surface area contributed by atoms with Crippen molar-refractivity contribution in [1.82, 2.24) is 20.2 Å². The lowest BCUT2D eigenvalue weighted by atomic mass is 10.1. The van der Waals surface area contributed by atoms with Crippen LogP contribution < -0.4 is 16.4 Å². The Morgan fingerprint density at radius 3 is 2.85 bits per heavy atom. The van der Waals surface area contributed by atoms with E-state index in [0.29, 0.717) is 31.1 Å². The van der Waals surface area contributed by atoms with Crippen LogP contribution in [0.1, 0.15) is 25.1 Å². The highest BCUT2D eigenvalue weighted by molar-refractivity contribution is 5.74. The molecule has 2 aromatic rings. The van der Waals surface area contributed by atoms with E-state index in [2.05, 4.69) is 15.6 Å². The van der Waals surface area contributed by atoms with Gasteiger partial charge in [0.15, 0.2) is 0 Å². The van der Waals surface area contributed by atoms with E-state index in [1.807, 2.05) is 4.57 Å². The fourth-order valence-corrected chi connectivity index (χ4v) is 3.65. The number of benzene rings is 1. The zero-order valence-electron chi connectivity index (χ0n) is 14.9. The molecule has 27 heavy (non-hydrogen) atoms. The highest BCUT2D eigenvalue weighted by Crippen LogP contribution is 2.32. The molecule has 2 amide bonds. The zero-order chi connectivity index (χ0) is 19.0. The summed E-state index contributed by atoms with van der Waals surface area (Å²) >= 11 is 0. The summed E-state index contributed by atoms with van der Waals surface area (Å²) in [6.45, 7) is 1.01. The number of aromatic nitrogens is 2. The van der Waals surface area contributed by atoms with E-state index >= 15 is 0 Å². The Hall–Kier alpha value is -2.48. The minimum atomic E-state index is -0.632. The third kappa shape index (κ3) is 3.95. The fraction of sp³-hybridized carbons (Fsp3) is 0.474. The van der Waals surface area contributed by atoms with Crippen molar-refractivity contribution in [3.8, 4) is 11.3 Å². The van der Waals surface area contributed by atoms with Gasteiger partial charge in [-0.05, 0) is 37.3 Å². The summed E-state index contributed by atoms with van der Waals surface area (Å²) in [7, 11) is 0. The molecule has 0 bridgehead atoms. The molecule has 0 spiro atoms. The topological polar surface area (TPSA) is 85.0 Å². The SMILES string of the molecule is NCC(NC(=O)NC1CCc2nc(-c3ccc(F)cc3F)cn2C1)C1CC1. The Morgan fingerprint density at radius 1 is 1.33 bits per heavy atom. The second kappa shape index (κ2) is 7.26. The molecular weight excluding hydrogens is 352 g/mol. The fourth-order valence-electron chi connectivity index (χ4n) is 3.65. The average molecular weight is 375 g/mol. The maximum atomic E-state index is 14.0. The van der Waals surface area contributed by atoms with Gasteiger partial charge in [0.25, 0.3) is 0 Å². The number of nitrogens with zero attached hydrogens (tertiary/aromatic N) is 2. The van der Waals surface area contributed by atoms with E-state index in [4.69, 9.17) is 5.73 Å². The molecule has 1 aromatic carbocycles. The first-order valence-corrected chi connectivity index (χ1v) is 9.32. The van der Waals surface area contributed by atoms with E-state index in [9.17, 15) is 13.6 Å². The Bertz CT molecular complexity index is 849. The zero-order valence-corrected chi connectivity index (χ0v) is 14.9. The summed E-state index contributed by atoms with van der Waals surface area (Å²) in [4.78, 5) is 16.7. The van der Waals surface area contributed by atoms with Crippen LogP contribution in [0.2, 0.25) is 0 Å². The van der Waals surface area contributed by atoms with Crippen LogP contribution in [0.3, 0.4) is 0 Å². The number of hydrogen-bond acceptors (Lipinski definition) is 3. The molecule has 8 heteroatoms. The second-order valence-electron chi connectivity index (χ2n) is 7.35. The summed E-state index contributed by atoms with van der Waals surface area (Å²) in [6, 6.07) is 3.28. The van der Waals surface area contributed by atoms with Gasteiger partial charge < -0.3 is 20.9 Å². The van der Waals surface area contributed by atoms with Crippen LogP contribution in [-0.2, 0) is 13.0 Å². The van der Waals surface area contributed by atoms with Crippen molar-refractivity contribution in [3.05, 3.63) is 41.9 Å². The first-order chi connectivity index (χ1) is 13.0. The van der Waals surface area contributed by atoms with Crippen LogP contribution in [0.4, 0.5) is 13.6 Å². The second-order valence-corrected chi connectivity index (χ2v) is 7.35. The predicted molar refractivity (Wildman–Crippen MR) is 96.9 cm³/mol. The molecule has 1 aliphatic heterocycles. The monoisotopic (exact) mass is 375 g/mol. The van der Waals surface area contributed by atoms with Gasteiger partial charge in [0.05, 0.1) is 5.69 Å². The first kappa shape index (κ1) is 17.9. The molecular formula is C19H23F2N5O. The van der Waals surface area contributed by atoms with Gasteiger partial charge in [-0.2, -0.15) is 0 Å². The third-order valence-corrected chi connectivity index (χ3v) is 5.30. The Balaban J connectivity index is 1.41. The van der Waals surface area contributed by atoms with Crippen LogP contribution in [0.5, 0.6) is 0 Å². The third-order valence-electron chi connectivity index (χ3n) is 5.30. The van der Waals surface area contributed by atoms with Gasteiger partial charge in [-0.25, -0.2) is 18.6 Å². The van der Waals surface area contributed by atoms with Crippen molar-refractivity contribution in [3.63, 3.8) is 0 Å². The van der Waals surface area contributed by atoms with Crippen molar-refractivity contribution in [2.24, 2.45) is 11.7 Å². The number of fused-ring (bicyclic) bond motifs is 1. The van der Waals surface area contributed by atoms with E-state index in [-0.39, 0.29) is 23.7 Å². The smallest absolute Gasteiger partial charge is 0.315 e. The molecule has 6 nitrogen and oxygen atoms in total. The summed E-state index contributed by atoms with van der Waals surface area (Å²) in [5.41, 5.74) is 6.48. The van der Waals surface area contributed by atoms with Crippen molar-refractivity contribution in [2.45, 2.75) is 44.3 Å². The molecule has 1 aromatic heterocycles. The van der Waals surface area contributed by atoms with Crippen LogP contribution in [0.25, 0.3) is 11.3 Å². The van der Waals surface area contributed by atoms with Gasteiger partial charge in [0, 0.05) is 49.4 Å². The number of carbonyl (C=O) groups excluding carboxylic acids is 1. The Morgan fingerprint density at radius 2 is 2.15 bits per heavy atom. The predicted octanol–water partition coefficient (Wildman–Crippen LogP) is 2.18. The maximum Gasteiger partial charge on any atom is 0.315 e. The highest BCUT2D eigenvalue weighted by atomic mass is 19.1. The average Bonchev–Trinajstić information content (AvgIpc) is 3.39. The van der Waals surface area contributed by atoms with E-state index in [1.165, 1.54) is 12.1 Å². The van der Waals surface area contributed by atoms with Crippen LogP contribution in [0, 0.1) is 17.6 Å². The van der Waals surface area contributed by atoms with Gasteiger partial charge in [0.1, 0.15) is 17.5 Å². The van der Waals surface area contributed by atoms with Gasteiger partial charge in [0.2, 0.25) is 0 Å². The van der Waals surface area contributed by atoms with Crippen molar-refractivity contribution < 1.29 is 13.6 Å². The number of hydrogen-bond donors (Lipinski definition) is 3. The number of carbonyl (C=O) groups is 1. The van der Waals surface area contributed by atoms with E-state index < -0.39 is 11.6 Å². The molecule has 0 saturated heterocycles. The summed E-state index contributed by atoms with van der Waals surface area (Å²) in [5, 5.41) is 5.96. The molecule has 144 valence electrons. The summed E-state index contributed by atoms with van der Waals surface area (Å²) in [5.74, 6) is 0.0930. The number of urea groups is 1. The largest absolute Gasteiger partial charge is 0.334 e. The standard InChI is InChI=1S/C19H23F2N5O/c20-12-3-5-14(15(21)7-12)17-10-26-9-13(4-6-18(26)24-17)23-19(27)25-16(8-22)11-1-2-11/h3,5,7,10-11,13,16H,1-2,4,6,8-9,22H2,(H2,23,25,27). The van der Waals surface area contributed by atoms with Crippen molar-refractivity contribution in [2.75, 3.05) is 6.54 Å². The number of halogens is 2. The highest BCUT2D eigenvalue weighted by Gasteiger charge is 2.32. The van der Waals surface area contributed by atoms with E-state index in [1.54, 1.807) is 6.20 Å². The molecule has 2 atom stereocenters. The van der Waals surface area contributed by atoms with Gasteiger partial charge in [-0.1, -0.05) is 0 Å². The quantitative estimate of drug-likeness (QED) is 0.749. The number of aryl methyl sites for hydroxylation is 1. The van der Waals surface area contributed by atoms with Gasteiger partial charge >= 0.3 is 6.03 Å². The van der Waals surface area contributed by atoms with Crippen LogP contribution in [-0.4, -0.2) is 34.2 Å². The lowest BCUT2D eigenvalue weighted by molar-refractivity contribution is 0.227. The number of imidazole rings is 1. The molecule has 2 heterocycles. The molecule has 0 radical (unpaired) electrons. The summed E-state index contributed by atoms with van der Waals surface area (Å²) in [6.07, 6.45) is 5.42. The molecule has 4 rings (SSSR count). The molecule has 1 saturated carbocycles. The van der Waals surface area contributed by atoms with Gasteiger partial charge in [-0.15, -0.1) is 0 Å². The lowest BCUT2D eigenvalue weighted by Crippen LogP contribution is -2.51. The first-order valence-electron chi connectivity index (χ1n) is 9.32. The molecule has 2 unspecified atom stereocenters. The number of nitrogens with one attached hydrogen (secondary N) is 2. The minimum absolute atomic E-state index is 0.0322. The Kier molecular flexibility index (Phi) is 4.82. The number of rotatable bonds is 5. The maximum absolute atomic E-state index is 14.0. The summed E-state index contributed by atoms with van der Waals surface area (Å²) < 4.78 is 29.0. The number of amides is 2. The van der Waals surface area contributed by atoms with Gasteiger partial charge in [-0.3, -0.25) is 0 Å². The van der Waals surface area contributed by atoms with Crippen molar-refractivity contribution >= 4 is 6.03 Å². The van der Waals surface area contributed by atoms with Crippen LogP contribution >= 0.6 is 0 Å². The van der Waals surface area contributed by atoms with E-state index in [0.717, 1.165) is 31.2 Å². The molecule has 1 fully saturated rings. The Labute approximate surface area is 156 Å². The van der Waals surface area contributed by atoms with Crippen LogP contribution in [0.15, 0.2) is 24.4 Å². The van der Waals surface area contributed by atoms with Crippen molar-refractivity contribution in [1.29, 1.82) is 0 Å². The molecule has 2 aliphatic rings. The molecule has 1 aliphatic carbocycles. The normalized spacial score (nSPS) is 20.0. The minimum Gasteiger partial charge on any atom is -0.334 e. The lowest BCUT2D eigenvalue weighted by Gasteiger charge is -2.26. The number of nitrogens with two attached hydrogens (primary N) is 1.